The van der Waals surface area contributed by atoms with Crippen molar-refractivity contribution in [3.05, 3.63) is 29.3 Å². The molecule has 0 aliphatic carbocycles. The van der Waals surface area contributed by atoms with Crippen molar-refractivity contribution in [2.24, 2.45) is 0 Å². The Hall–Kier alpha value is -1.06. The van der Waals surface area contributed by atoms with Gasteiger partial charge >= 0.3 is 0 Å². The van der Waals surface area contributed by atoms with Gasteiger partial charge in [0.1, 0.15) is 0 Å². The molecule has 12 heavy (non-hydrogen) atoms. The summed E-state index contributed by atoms with van der Waals surface area (Å²) in [6.45, 7) is 3.93. The second kappa shape index (κ2) is 3.56. The smallest absolute Gasteiger partial charge is 0.0977 e. The van der Waals surface area contributed by atoms with Crippen LogP contribution in [0.25, 0.3) is 0 Å². The van der Waals surface area contributed by atoms with Gasteiger partial charge in [0.25, 0.3) is 0 Å². The first kappa shape index (κ1) is 9.03. The summed E-state index contributed by atoms with van der Waals surface area (Å²) in [6, 6.07) is 5.42. The fourth-order valence-corrected chi connectivity index (χ4v) is 1.33. The molecule has 1 aromatic rings. The summed E-state index contributed by atoms with van der Waals surface area (Å²) in [4.78, 5) is 0. The molecule has 0 amide bonds. The first-order chi connectivity index (χ1) is 5.66. The maximum atomic E-state index is 8.85. The highest BCUT2D eigenvalue weighted by Crippen LogP contribution is 2.21. The zero-order valence-electron chi connectivity index (χ0n) is 7.28. The predicted octanol–water partition coefficient (Wildman–Crippen LogP) is 2.14. The van der Waals surface area contributed by atoms with Crippen molar-refractivity contribution in [2.75, 3.05) is 5.23 Å². The van der Waals surface area contributed by atoms with Crippen LogP contribution in [0.5, 0.6) is 0 Å². The van der Waals surface area contributed by atoms with E-state index in [-0.39, 0.29) is 5.23 Å². The molecule has 0 aliphatic heterocycles. The number of aryl methyl sites for hydroxylation is 1. The number of hydrogen-bond donors (Lipinski definition) is 2. The Kier molecular flexibility index (Phi) is 2.68. The lowest BCUT2D eigenvalue weighted by Crippen LogP contribution is -2.13. The van der Waals surface area contributed by atoms with Crippen LogP contribution in [-0.2, 0) is 6.42 Å². The molecule has 0 saturated carbocycles. The lowest BCUT2D eigenvalue weighted by atomic mass is 10.0. The summed E-state index contributed by atoms with van der Waals surface area (Å²) in [5.74, 6) is 0. The monoisotopic (exact) mass is 167 g/mol. The molecule has 0 saturated heterocycles. The van der Waals surface area contributed by atoms with Crippen molar-refractivity contribution in [1.82, 2.24) is 0 Å². The van der Waals surface area contributed by atoms with Gasteiger partial charge in [0, 0.05) is 0 Å². The van der Waals surface area contributed by atoms with E-state index < -0.39 is 0 Å². The molecule has 0 unspecified atom stereocenters. The van der Waals surface area contributed by atoms with Gasteiger partial charge < -0.3 is 0 Å². The molecule has 0 spiro atoms. The van der Waals surface area contributed by atoms with E-state index in [0.29, 0.717) is 5.69 Å². The Morgan fingerprint density at radius 3 is 2.42 bits per heavy atom. The van der Waals surface area contributed by atoms with E-state index in [2.05, 4.69) is 0 Å². The highest BCUT2D eigenvalue weighted by Gasteiger charge is 2.06. The quantitative estimate of drug-likeness (QED) is 0.663. The zero-order chi connectivity index (χ0) is 9.14. The Balaban J connectivity index is 3.18. The molecule has 3 nitrogen and oxygen atoms in total. The molecule has 3 heteroatoms. The lowest BCUT2D eigenvalue weighted by molar-refractivity contribution is 0.0287. The fourth-order valence-electron chi connectivity index (χ4n) is 1.33. The highest BCUT2D eigenvalue weighted by atomic mass is 16.8. The molecule has 1 aromatic carbocycles. The summed E-state index contributed by atoms with van der Waals surface area (Å²) in [5.41, 5.74) is 2.49. The molecule has 0 radical (unpaired) electrons. The van der Waals surface area contributed by atoms with Crippen LogP contribution in [0.4, 0.5) is 5.69 Å². The average Bonchev–Trinajstić information content (AvgIpc) is 2.03. The highest BCUT2D eigenvalue weighted by molar-refractivity contribution is 5.52. The van der Waals surface area contributed by atoms with Gasteiger partial charge in [-0.3, -0.25) is 10.4 Å². The Bertz CT molecular complexity index is 271. The number of benzene rings is 1. The molecular weight excluding hydrogens is 154 g/mol. The third-order valence-electron chi connectivity index (χ3n) is 1.95. The van der Waals surface area contributed by atoms with Gasteiger partial charge in [-0.15, -0.1) is 5.23 Å². The van der Waals surface area contributed by atoms with Crippen molar-refractivity contribution in [3.63, 3.8) is 0 Å². The van der Waals surface area contributed by atoms with E-state index in [4.69, 9.17) is 10.4 Å². The largest absolute Gasteiger partial charge is 0.264 e. The molecule has 0 aromatic heterocycles. The van der Waals surface area contributed by atoms with Gasteiger partial charge in [-0.05, 0) is 30.5 Å². The van der Waals surface area contributed by atoms with Crippen molar-refractivity contribution in [3.8, 4) is 0 Å². The van der Waals surface area contributed by atoms with Crippen LogP contribution in [0.1, 0.15) is 18.1 Å². The second-order valence-corrected chi connectivity index (χ2v) is 2.72. The third kappa shape index (κ3) is 1.57. The van der Waals surface area contributed by atoms with Crippen LogP contribution in [-0.4, -0.2) is 10.4 Å². The van der Waals surface area contributed by atoms with E-state index in [1.165, 1.54) is 0 Å². The summed E-state index contributed by atoms with van der Waals surface area (Å²) < 4.78 is 0. The minimum absolute atomic E-state index is 0.172. The average molecular weight is 167 g/mol. The Morgan fingerprint density at radius 1 is 1.33 bits per heavy atom. The molecule has 2 N–H and O–H groups in total. The number of anilines is 1. The normalized spacial score (nSPS) is 10.0. The van der Waals surface area contributed by atoms with Gasteiger partial charge in [-0.1, -0.05) is 19.1 Å². The molecule has 0 atom stereocenters. The van der Waals surface area contributed by atoms with Gasteiger partial charge in [0.05, 0.1) is 5.69 Å². The van der Waals surface area contributed by atoms with Crippen LogP contribution in [0.3, 0.4) is 0 Å². The number of hydrogen-bond acceptors (Lipinski definition) is 3. The van der Waals surface area contributed by atoms with Crippen LogP contribution in [0, 0.1) is 6.92 Å². The first-order valence-corrected chi connectivity index (χ1v) is 3.93. The summed E-state index contributed by atoms with van der Waals surface area (Å²) in [5, 5.41) is 17.9. The molecule has 0 aliphatic rings. The topological polar surface area (TPSA) is 43.7 Å². The molecule has 66 valence electrons. The maximum Gasteiger partial charge on any atom is 0.0977 e. The van der Waals surface area contributed by atoms with Crippen molar-refractivity contribution in [2.45, 2.75) is 20.3 Å². The lowest BCUT2D eigenvalue weighted by Gasteiger charge is -2.14. The molecular formula is C9H13NO2. The standard InChI is InChI=1S/C9H13NO2/c1-3-8-7(2)5-4-6-9(8)10(11)12/h4-6,11-12H,3H2,1-2H3. The first-order valence-electron chi connectivity index (χ1n) is 3.93. The zero-order valence-corrected chi connectivity index (χ0v) is 7.28. The van der Waals surface area contributed by atoms with E-state index in [1.54, 1.807) is 12.1 Å². The van der Waals surface area contributed by atoms with E-state index in [0.717, 1.165) is 17.5 Å². The van der Waals surface area contributed by atoms with Crippen molar-refractivity contribution >= 4 is 5.69 Å². The Morgan fingerprint density at radius 2 is 2.00 bits per heavy atom. The summed E-state index contributed by atoms with van der Waals surface area (Å²) in [7, 11) is 0. The third-order valence-corrected chi connectivity index (χ3v) is 1.95. The number of rotatable bonds is 2. The van der Waals surface area contributed by atoms with Crippen LogP contribution in [0.2, 0.25) is 0 Å². The van der Waals surface area contributed by atoms with E-state index in [9.17, 15) is 0 Å². The van der Waals surface area contributed by atoms with Crippen LogP contribution >= 0.6 is 0 Å². The maximum absolute atomic E-state index is 8.85. The molecule has 0 fully saturated rings. The Labute approximate surface area is 71.8 Å². The fraction of sp³-hybridized carbons (Fsp3) is 0.333. The van der Waals surface area contributed by atoms with Gasteiger partial charge in [0.2, 0.25) is 0 Å². The van der Waals surface area contributed by atoms with Crippen molar-refractivity contribution < 1.29 is 10.4 Å². The second-order valence-electron chi connectivity index (χ2n) is 2.72. The van der Waals surface area contributed by atoms with Crippen molar-refractivity contribution in [1.29, 1.82) is 0 Å². The molecule has 0 bridgehead atoms. The SMILES string of the molecule is CCc1c(C)cccc1N(O)O. The van der Waals surface area contributed by atoms with Gasteiger partial charge in [-0.2, -0.15) is 0 Å². The summed E-state index contributed by atoms with van der Waals surface area (Å²) in [6.07, 6.45) is 0.791. The molecule has 0 heterocycles. The van der Waals surface area contributed by atoms with E-state index >= 15 is 0 Å². The van der Waals surface area contributed by atoms with Crippen LogP contribution < -0.4 is 5.23 Å². The van der Waals surface area contributed by atoms with Gasteiger partial charge in [0.15, 0.2) is 0 Å². The van der Waals surface area contributed by atoms with Gasteiger partial charge in [-0.25, -0.2) is 0 Å². The minimum Gasteiger partial charge on any atom is -0.264 e. The predicted molar refractivity (Wildman–Crippen MR) is 46.6 cm³/mol. The number of nitrogens with zero attached hydrogens (tertiary/aromatic N) is 1. The van der Waals surface area contributed by atoms with Crippen LogP contribution in [0.15, 0.2) is 18.2 Å². The minimum atomic E-state index is 0.172. The summed E-state index contributed by atoms with van der Waals surface area (Å²) >= 11 is 0. The molecule has 1 rings (SSSR count). The van der Waals surface area contributed by atoms with E-state index in [1.807, 2.05) is 19.9 Å².